The molecule has 0 bridgehead atoms. The molecule has 2 heterocycles. The summed E-state index contributed by atoms with van der Waals surface area (Å²) in [5, 5.41) is 0.638. The van der Waals surface area contributed by atoms with Gasteiger partial charge in [-0.15, -0.1) is 0 Å². The van der Waals surface area contributed by atoms with E-state index < -0.39 is 0 Å². The van der Waals surface area contributed by atoms with Gasteiger partial charge < -0.3 is 9.64 Å². The third-order valence-electron chi connectivity index (χ3n) is 3.59. The Morgan fingerprint density at radius 3 is 3.16 bits per heavy atom. The highest BCUT2D eigenvalue weighted by molar-refractivity contribution is 5.78. The molecule has 1 saturated heterocycles. The van der Waals surface area contributed by atoms with Crippen LogP contribution < -0.4 is 10.5 Å². The largest absolute Gasteiger partial charge is 0.384 e. The van der Waals surface area contributed by atoms with Crippen molar-refractivity contribution in [3.8, 4) is 0 Å². The van der Waals surface area contributed by atoms with E-state index in [-0.39, 0.29) is 5.56 Å². The number of aromatic amines is 1. The van der Waals surface area contributed by atoms with Crippen LogP contribution in [0.4, 0.5) is 5.95 Å². The van der Waals surface area contributed by atoms with Crippen molar-refractivity contribution in [3.63, 3.8) is 0 Å². The number of nitrogens with one attached hydrogen (secondary N) is 1. The Hall–Kier alpha value is -1.88. The van der Waals surface area contributed by atoms with Gasteiger partial charge in [-0.05, 0) is 18.6 Å². The molecule has 5 nitrogen and oxygen atoms in total. The highest BCUT2D eigenvalue weighted by atomic mass is 16.5. The Balaban J connectivity index is 1.92. The highest BCUT2D eigenvalue weighted by Gasteiger charge is 2.24. The Bertz CT molecular complexity index is 638. The fourth-order valence-electron chi connectivity index (χ4n) is 2.62. The second-order valence-electron chi connectivity index (χ2n) is 4.96. The first-order valence-corrected chi connectivity index (χ1v) is 6.51. The van der Waals surface area contributed by atoms with Crippen molar-refractivity contribution in [2.45, 2.75) is 6.42 Å². The van der Waals surface area contributed by atoms with Crippen LogP contribution >= 0.6 is 0 Å². The first kappa shape index (κ1) is 12.2. The molecule has 2 aromatic rings. The Labute approximate surface area is 111 Å². The molecule has 0 amide bonds. The van der Waals surface area contributed by atoms with Gasteiger partial charge in [-0.3, -0.25) is 9.78 Å². The average Bonchev–Trinajstić information content (AvgIpc) is 2.88. The van der Waals surface area contributed by atoms with E-state index in [1.54, 1.807) is 13.2 Å². The third-order valence-corrected chi connectivity index (χ3v) is 3.59. The molecule has 3 rings (SSSR count). The van der Waals surface area contributed by atoms with E-state index in [9.17, 15) is 4.79 Å². The number of methoxy groups -OCH3 is 1. The smallest absolute Gasteiger partial charge is 0.260 e. The van der Waals surface area contributed by atoms with Gasteiger partial charge in [0.2, 0.25) is 5.95 Å². The third kappa shape index (κ3) is 2.33. The van der Waals surface area contributed by atoms with Crippen LogP contribution in [0.15, 0.2) is 29.1 Å². The number of anilines is 1. The maximum Gasteiger partial charge on any atom is 0.260 e. The molecule has 1 atom stereocenters. The lowest BCUT2D eigenvalue weighted by Gasteiger charge is -2.17. The van der Waals surface area contributed by atoms with Crippen molar-refractivity contribution < 1.29 is 4.74 Å². The quantitative estimate of drug-likeness (QED) is 0.905. The molecule has 19 heavy (non-hydrogen) atoms. The number of aromatic nitrogens is 2. The lowest BCUT2D eigenvalue weighted by atomic mass is 10.1. The zero-order chi connectivity index (χ0) is 13.2. The molecule has 1 N–H and O–H groups in total. The van der Waals surface area contributed by atoms with E-state index >= 15 is 0 Å². The van der Waals surface area contributed by atoms with Crippen LogP contribution in [-0.2, 0) is 4.74 Å². The summed E-state index contributed by atoms with van der Waals surface area (Å²) in [4.78, 5) is 21.6. The standard InChI is InChI=1S/C14H17N3O2/c1-19-9-10-6-7-17(8-10)14-15-12-5-3-2-4-11(12)13(18)16-14/h2-5,10H,6-9H2,1H3,(H,15,16,18)/t10-/m0/s1. The number of hydrogen-bond acceptors (Lipinski definition) is 4. The number of hydrogen-bond donors (Lipinski definition) is 1. The fraction of sp³-hybridized carbons (Fsp3) is 0.429. The summed E-state index contributed by atoms with van der Waals surface area (Å²) in [5.41, 5.74) is 0.673. The summed E-state index contributed by atoms with van der Waals surface area (Å²) in [6.45, 7) is 2.55. The lowest BCUT2D eigenvalue weighted by Crippen LogP contribution is -2.25. The minimum absolute atomic E-state index is 0.0733. The van der Waals surface area contributed by atoms with Crippen LogP contribution in [0.5, 0.6) is 0 Å². The number of fused-ring (bicyclic) bond motifs is 1. The second-order valence-corrected chi connectivity index (χ2v) is 4.96. The minimum Gasteiger partial charge on any atom is -0.384 e. The van der Waals surface area contributed by atoms with Crippen molar-refractivity contribution in [2.24, 2.45) is 5.92 Å². The molecule has 0 saturated carbocycles. The van der Waals surface area contributed by atoms with Gasteiger partial charge >= 0.3 is 0 Å². The SMILES string of the molecule is COC[C@H]1CCN(c2nc3ccccc3c(=O)[nH]2)C1. The number of nitrogens with zero attached hydrogens (tertiary/aromatic N) is 2. The monoisotopic (exact) mass is 259 g/mol. The fourth-order valence-corrected chi connectivity index (χ4v) is 2.62. The molecule has 1 fully saturated rings. The second kappa shape index (κ2) is 5.01. The van der Waals surface area contributed by atoms with Crippen molar-refractivity contribution in [3.05, 3.63) is 34.6 Å². The van der Waals surface area contributed by atoms with Crippen LogP contribution in [-0.4, -0.2) is 36.8 Å². The van der Waals surface area contributed by atoms with Gasteiger partial charge in [-0.2, -0.15) is 0 Å². The van der Waals surface area contributed by atoms with Gasteiger partial charge in [-0.25, -0.2) is 4.98 Å². The van der Waals surface area contributed by atoms with Gasteiger partial charge in [0, 0.05) is 26.1 Å². The summed E-state index contributed by atoms with van der Waals surface area (Å²) in [7, 11) is 1.72. The van der Waals surface area contributed by atoms with E-state index in [1.165, 1.54) is 0 Å². The van der Waals surface area contributed by atoms with Gasteiger partial charge in [0.25, 0.3) is 5.56 Å². The molecular weight excluding hydrogens is 242 g/mol. The van der Waals surface area contributed by atoms with E-state index in [1.807, 2.05) is 18.2 Å². The normalized spacial score (nSPS) is 19.2. The van der Waals surface area contributed by atoms with Crippen LogP contribution in [0.2, 0.25) is 0 Å². The molecule has 0 spiro atoms. The van der Waals surface area contributed by atoms with E-state index in [2.05, 4.69) is 14.9 Å². The molecular formula is C14H17N3O2. The summed E-state index contributed by atoms with van der Waals surface area (Å²) in [5.74, 6) is 1.18. The maximum absolute atomic E-state index is 12.0. The Morgan fingerprint density at radius 2 is 2.32 bits per heavy atom. The molecule has 1 aromatic heterocycles. The molecule has 1 aliphatic heterocycles. The highest BCUT2D eigenvalue weighted by Crippen LogP contribution is 2.21. The molecule has 100 valence electrons. The van der Waals surface area contributed by atoms with Crippen LogP contribution in [0.3, 0.4) is 0 Å². The van der Waals surface area contributed by atoms with E-state index in [0.717, 1.165) is 31.6 Å². The lowest BCUT2D eigenvalue weighted by molar-refractivity contribution is 0.161. The molecule has 1 aliphatic rings. The Kier molecular flexibility index (Phi) is 3.21. The first-order chi connectivity index (χ1) is 9.28. The summed E-state index contributed by atoms with van der Waals surface area (Å²) in [6.07, 6.45) is 1.07. The summed E-state index contributed by atoms with van der Waals surface area (Å²) in [6, 6.07) is 7.42. The van der Waals surface area contributed by atoms with Crippen molar-refractivity contribution in [1.82, 2.24) is 9.97 Å². The number of ether oxygens (including phenoxy) is 1. The topological polar surface area (TPSA) is 58.2 Å². The van der Waals surface area contributed by atoms with Crippen LogP contribution in [0, 0.1) is 5.92 Å². The molecule has 0 radical (unpaired) electrons. The number of rotatable bonds is 3. The summed E-state index contributed by atoms with van der Waals surface area (Å²) >= 11 is 0. The van der Waals surface area contributed by atoms with E-state index in [0.29, 0.717) is 17.3 Å². The van der Waals surface area contributed by atoms with Crippen molar-refractivity contribution in [1.29, 1.82) is 0 Å². The Morgan fingerprint density at radius 1 is 1.47 bits per heavy atom. The first-order valence-electron chi connectivity index (χ1n) is 6.51. The molecule has 5 heteroatoms. The van der Waals surface area contributed by atoms with Crippen molar-refractivity contribution >= 4 is 16.9 Å². The van der Waals surface area contributed by atoms with Gasteiger partial charge in [-0.1, -0.05) is 12.1 Å². The molecule has 0 aliphatic carbocycles. The van der Waals surface area contributed by atoms with Gasteiger partial charge in [0.05, 0.1) is 17.5 Å². The predicted octanol–water partition coefficient (Wildman–Crippen LogP) is 1.40. The predicted molar refractivity (Wildman–Crippen MR) is 74.6 cm³/mol. The zero-order valence-corrected chi connectivity index (χ0v) is 10.9. The van der Waals surface area contributed by atoms with Crippen LogP contribution in [0.1, 0.15) is 6.42 Å². The van der Waals surface area contributed by atoms with Crippen LogP contribution in [0.25, 0.3) is 10.9 Å². The maximum atomic E-state index is 12.0. The minimum atomic E-state index is -0.0733. The van der Waals surface area contributed by atoms with E-state index in [4.69, 9.17) is 4.74 Å². The van der Waals surface area contributed by atoms with Gasteiger partial charge in [0.15, 0.2) is 0 Å². The zero-order valence-electron chi connectivity index (χ0n) is 10.9. The average molecular weight is 259 g/mol. The number of H-pyrrole nitrogens is 1. The van der Waals surface area contributed by atoms with Crippen molar-refractivity contribution in [2.75, 3.05) is 31.7 Å². The molecule has 1 aromatic carbocycles. The number of benzene rings is 1. The molecule has 0 unspecified atom stereocenters. The van der Waals surface area contributed by atoms with Gasteiger partial charge in [0.1, 0.15) is 0 Å². The number of para-hydroxylation sites is 1. The summed E-state index contributed by atoms with van der Waals surface area (Å²) < 4.78 is 5.18.